The Morgan fingerprint density at radius 3 is 2.84 bits per heavy atom. The number of hydrogen-bond acceptors (Lipinski definition) is 4. The van der Waals surface area contributed by atoms with E-state index in [4.69, 9.17) is 0 Å². The maximum Gasteiger partial charge on any atom is 0.211 e. The van der Waals surface area contributed by atoms with Crippen LogP contribution in [0.4, 0.5) is 0 Å². The van der Waals surface area contributed by atoms with E-state index in [0.717, 1.165) is 16.7 Å². The van der Waals surface area contributed by atoms with Crippen LogP contribution in [0.25, 0.3) is 11.1 Å². The minimum absolute atomic E-state index is 0.157. The molecular weight excluding hydrogens is 280 g/mol. The van der Waals surface area contributed by atoms with Crippen molar-refractivity contribution in [1.29, 1.82) is 0 Å². The van der Waals surface area contributed by atoms with E-state index in [2.05, 4.69) is 9.71 Å². The largest absolute Gasteiger partial charge is 0.264 e. The third-order valence-electron chi connectivity index (χ3n) is 2.62. The van der Waals surface area contributed by atoms with Gasteiger partial charge >= 0.3 is 0 Å². The summed E-state index contributed by atoms with van der Waals surface area (Å²) in [5, 5.41) is 4.05. The van der Waals surface area contributed by atoms with Crippen molar-refractivity contribution >= 4 is 21.4 Å². The van der Waals surface area contributed by atoms with Crippen molar-refractivity contribution < 1.29 is 8.42 Å². The number of rotatable bonds is 6. The van der Waals surface area contributed by atoms with Crippen molar-refractivity contribution in [3.8, 4) is 11.1 Å². The molecule has 0 aliphatic carbocycles. The number of thiophene rings is 1. The van der Waals surface area contributed by atoms with Gasteiger partial charge in [0.25, 0.3) is 0 Å². The number of nitrogens with zero attached hydrogens (tertiary/aromatic N) is 1. The second kappa shape index (κ2) is 6.27. The Kier molecular flexibility index (Phi) is 4.68. The molecule has 0 saturated heterocycles. The summed E-state index contributed by atoms with van der Waals surface area (Å²) < 4.78 is 25.8. The standard InChI is InChI=1S/C13H16N2O2S2/c1-2-5-19(16,17)15-8-11-6-13(9-14-7-11)12-3-4-18-10-12/h3-4,6-7,9-10,15H,2,5,8H2,1H3. The van der Waals surface area contributed by atoms with Gasteiger partial charge in [0, 0.05) is 24.5 Å². The summed E-state index contributed by atoms with van der Waals surface area (Å²) in [7, 11) is -3.17. The molecule has 0 aliphatic heterocycles. The quantitative estimate of drug-likeness (QED) is 0.891. The van der Waals surface area contributed by atoms with Gasteiger partial charge in [-0.15, -0.1) is 0 Å². The average Bonchev–Trinajstić information content (AvgIpc) is 2.91. The minimum Gasteiger partial charge on any atom is -0.264 e. The van der Waals surface area contributed by atoms with Gasteiger partial charge in [-0.1, -0.05) is 6.92 Å². The number of hydrogen-bond donors (Lipinski definition) is 1. The lowest BCUT2D eigenvalue weighted by Crippen LogP contribution is -2.25. The van der Waals surface area contributed by atoms with Crippen molar-refractivity contribution in [2.75, 3.05) is 5.75 Å². The van der Waals surface area contributed by atoms with Crippen LogP contribution in [0.2, 0.25) is 0 Å². The number of pyridine rings is 1. The Balaban J connectivity index is 2.08. The van der Waals surface area contributed by atoms with Crippen molar-refractivity contribution in [1.82, 2.24) is 9.71 Å². The highest BCUT2D eigenvalue weighted by Crippen LogP contribution is 2.21. The van der Waals surface area contributed by atoms with E-state index in [1.807, 2.05) is 29.8 Å². The highest BCUT2D eigenvalue weighted by Gasteiger charge is 2.08. The van der Waals surface area contributed by atoms with Crippen LogP contribution in [-0.4, -0.2) is 19.2 Å². The fourth-order valence-corrected chi connectivity index (χ4v) is 3.44. The second-order valence-electron chi connectivity index (χ2n) is 4.23. The molecule has 0 amide bonds. The predicted octanol–water partition coefficient (Wildman–Crippen LogP) is 2.64. The van der Waals surface area contributed by atoms with Gasteiger partial charge in [-0.2, -0.15) is 11.3 Å². The van der Waals surface area contributed by atoms with Crippen molar-refractivity contribution in [3.63, 3.8) is 0 Å². The molecule has 0 unspecified atom stereocenters. The predicted molar refractivity (Wildman–Crippen MR) is 78.5 cm³/mol. The first-order valence-electron chi connectivity index (χ1n) is 6.04. The molecule has 0 aromatic carbocycles. The van der Waals surface area contributed by atoms with Crippen molar-refractivity contribution in [2.24, 2.45) is 0 Å². The molecular formula is C13H16N2O2S2. The molecule has 2 aromatic heterocycles. The SMILES string of the molecule is CCCS(=O)(=O)NCc1cncc(-c2ccsc2)c1. The first-order valence-corrected chi connectivity index (χ1v) is 8.64. The monoisotopic (exact) mass is 296 g/mol. The van der Waals surface area contributed by atoms with Gasteiger partial charge in [-0.05, 0) is 40.4 Å². The molecule has 0 aliphatic rings. The van der Waals surface area contributed by atoms with Crippen LogP contribution in [0.15, 0.2) is 35.3 Å². The normalized spacial score (nSPS) is 11.6. The minimum atomic E-state index is -3.17. The van der Waals surface area contributed by atoms with Crippen LogP contribution in [0.5, 0.6) is 0 Å². The Labute approximate surface area is 117 Å². The molecule has 4 nitrogen and oxygen atoms in total. The van der Waals surface area contributed by atoms with Crippen LogP contribution in [0.3, 0.4) is 0 Å². The third-order valence-corrected chi connectivity index (χ3v) is 4.83. The van der Waals surface area contributed by atoms with Crippen LogP contribution in [-0.2, 0) is 16.6 Å². The molecule has 2 aromatic rings. The fourth-order valence-electron chi connectivity index (χ4n) is 1.71. The van der Waals surface area contributed by atoms with Crippen molar-refractivity contribution in [3.05, 3.63) is 40.8 Å². The van der Waals surface area contributed by atoms with Gasteiger partial charge in [0.15, 0.2) is 0 Å². The number of sulfonamides is 1. The van der Waals surface area contributed by atoms with Gasteiger partial charge in [0.1, 0.15) is 0 Å². The molecule has 2 rings (SSSR count). The smallest absolute Gasteiger partial charge is 0.211 e. The molecule has 0 atom stereocenters. The Hall–Kier alpha value is -1.24. The van der Waals surface area contributed by atoms with E-state index >= 15 is 0 Å². The average molecular weight is 296 g/mol. The molecule has 0 fully saturated rings. The summed E-state index contributed by atoms with van der Waals surface area (Å²) in [6.07, 6.45) is 4.08. The van der Waals surface area contributed by atoms with E-state index in [-0.39, 0.29) is 12.3 Å². The Morgan fingerprint density at radius 2 is 2.16 bits per heavy atom. The first-order chi connectivity index (χ1) is 9.11. The summed E-state index contributed by atoms with van der Waals surface area (Å²) in [5.74, 6) is 0.157. The highest BCUT2D eigenvalue weighted by molar-refractivity contribution is 7.89. The number of aromatic nitrogens is 1. The van der Waals surface area contributed by atoms with Crippen molar-refractivity contribution in [2.45, 2.75) is 19.9 Å². The van der Waals surface area contributed by atoms with Gasteiger partial charge in [-0.3, -0.25) is 4.98 Å². The fraction of sp³-hybridized carbons (Fsp3) is 0.308. The number of nitrogens with one attached hydrogen (secondary N) is 1. The summed E-state index contributed by atoms with van der Waals surface area (Å²) in [6.45, 7) is 2.13. The maximum absolute atomic E-state index is 11.6. The van der Waals surface area contributed by atoms with E-state index in [1.165, 1.54) is 0 Å². The molecule has 0 bridgehead atoms. The van der Waals surface area contributed by atoms with Crippen LogP contribution < -0.4 is 4.72 Å². The maximum atomic E-state index is 11.6. The topological polar surface area (TPSA) is 59.1 Å². The highest BCUT2D eigenvalue weighted by atomic mass is 32.2. The second-order valence-corrected chi connectivity index (χ2v) is 6.94. The molecule has 6 heteroatoms. The van der Waals surface area contributed by atoms with Gasteiger partial charge in [0.2, 0.25) is 10.0 Å². The van der Waals surface area contributed by atoms with Crippen LogP contribution in [0.1, 0.15) is 18.9 Å². The summed E-state index contributed by atoms with van der Waals surface area (Å²) in [5.41, 5.74) is 2.98. The zero-order valence-corrected chi connectivity index (χ0v) is 12.3. The van der Waals surface area contributed by atoms with Gasteiger partial charge in [-0.25, -0.2) is 13.1 Å². The van der Waals surface area contributed by atoms with E-state index in [9.17, 15) is 8.42 Å². The Morgan fingerprint density at radius 1 is 1.32 bits per heavy atom. The van der Waals surface area contributed by atoms with E-state index in [0.29, 0.717) is 6.42 Å². The molecule has 102 valence electrons. The molecule has 2 heterocycles. The summed E-state index contributed by atoms with van der Waals surface area (Å²) in [4.78, 5) is 4.16. The first kappa shape index (κ1) is 14.2. The van der Waals surface area contributed by atoms with E-state index in [1.54, 1.807) is 23.7 Å². The molecule has 0 spiro atoms. The molecule has 0 saturated carbocycles. The van der Waals surface area contributed by atoms with Gasteiger partial charge in [0.05, 0.1) is 5.75 Å². The molecule has 19 heavy (non-hydrogen) atoms. The third kappa shape index (κ3) is 4.12. The summed E-state index contributed by atoms with van der Waals surface area (Å²) in [6, 6.07) is 3.98. The summed E-state index contributed by atoms with van der Waals surface area (Å²) >= 11 is 1.63. The lowest BCUT2D eigenvalue weighted by molar-refractivity contribution is 0.580. The van der Waals surface area contributed by atoms with Gasteiger partial charge < -0.3 is 0 Å². The zero-order chi connectivity index (χ0) is 13.7. The molecule has 0 radical (unpaired) electrons. The lowest BCUT2D eigenvalue weighted by Gasteiger charge is -2.06. The lowest BCUT2D eigenvalue weighted by atomic mass is 10.1. The zero-order valence-electron chi connectivity index (χ0n) is 10.7. The van der Waals surface area contributed by atoms with E-state index < -0.39 is 10.0 Å². The van der Waals surface area contributed by atoms with Crippen LogP contribution >= 0.6 is 11.3 Å². The molecule has 1 N–H and O–H groups in total. The Bertz CT molecular complexity index is 622. The van der Waals surface area contributed by atoms with Crippen LogP contribution in [0, 0.1) is 0 Å².